The smallest absolute Gasteiger partial charge is 0.313 e. The number of imidazole rings is 1. The van der Waals surface area contributed by atoms with E-state index in [1.165, 1.54) is 11.8 Å². The maximum Gasteiger partial charge on any atom is 0.313 e. The van der Waals surface area contributed by atoms with Gasteiger partial charge in [-0.3, -0.25) is 4.79 Å². The summed E-state index contributed by atoms with van der Waals surface area (Å²) in [4.78, 5) is 19.4. The van der Waals surface area contributed by atoms with Crippen LogP contribution in [0.5, 0.6) is 0 Å². The lowest BCUT2D eigenvalue weighted by atomic mass is 10.3. The van der Waals surface area contributed by atoms with Gasteiger partial charge in [-0.15, -0.1) is 0 Å². The lowest BCUT2D eigenvalue weighted by Crippen LogP contribution is -2.04. The number of nitrogens with zero attached hydrogens (tertiary/aromatic N) is 3. The van der Waals surface area contributed by atoms with E-state index in [0.29, 0.717) is 0 Å². The Morgan fingerprint density at radius 2 is 2.39 bits per heavy atom. The summed E-state index contributed by atoms with van der Waals surface area (Å²) in [5, 5.41) is 9.48. The van der Waals surface area contributed by atoms with Crippen molar-refractivity contribution in [3.8, 4) is 0 Å². The standard InChI is InChI=1S/C12H15N3O2S/c1-2-3-7-15-11-9(5-4-6-13-11)14-12(15)18-8-10(16)17/h4-6H,2-3,7-8H2,1H3,(H,16,17). The first-order valence-electron chi connectivity index (χ1n) is 5.88. The van der Waals surface area contributed by atoms with Crippen LogP contribution >= 0.6 is 11.8 Å². The summed E-state index contributed by atoms with van der Waals surface area (Å²) < 4.78 is 2.01. The van der Waals surface area contributed by atoms with Gasteiger partial charge in [0.25, 0.3) is 0 Å². The molecule has 2 rings (SSSR count). The molecule has 2 aromatic rings. The molecule has 2 heterocycles. The predicted octanol–water partition coefficient (Wildman–Crippen LogP) is 2.41. The van der Waals surface area contributed by atoms with E-state index in [0.717, 1.165) is 35.7 Å². The van der Waals surface area contributed by atoms with E-state index in [4.69, 9.17) is 5.11 Å². The zero-order valence-electron chi connectivity index (χ0n) is 10.2. The molecule has 0 saturated carbocycles. The Bertz CT molecular complexity index is 553. The summed E-state index contributed by atoms with van der Waals surface area (Å²) in [6.45, 7) is 2.95. The first kappa shape index (κ1) is 12.9. The van der Waals surface area contributed by atoms with Crippen LogP contribution in [0.4, 0.5) is 0 Å². The van der Waals surface area contributed by atoms with Crippen molar-refractivity contribution in [3.05, 3.63) is 18.3 Å². The van der Waals surface area contributed by atoms with Gasteiger partial charge in [0.05, 0.1) is 5.75 Å². The van der Waals surface area contributed by atoms with Crippen molar-refractivity contribution in [2.24, 2.45) is 0 Å². The lowest BCUT2D eigenvalue weighted by Gasteiger charge is -2.06. The summed E-state index contributed by atoms with van der Waals surface area (Å²) in [5.41, 5.74) is 1.65. The maximum absolute atomic E-state index is 10.6. The molecule has 18 heavy (non-hydrogen) atoms. The molecule has 0 aromatic carbocycles. The number of aliphatic carboxylic acids is 1. The van der Waals surface area contributed by atoms with Crippen LogP contribution in [0.15, 0.2) is 23.5 Å². The number of rotatable bonds is 6. The number of carbonyl (C=O) groups is 1. The average molecular weight is 265 g/mol. The molecular weight excluding hydrogens is 250 g/mol. The summed E-state index contributed by atoms with van der Waals surface area (Å²) in [6, 6.07) is 3.74. The molecule has 1 N–H and O–H groups in total. The molecule has 96 valence electrons. The number of hydrogen-bond acceptors (Lipinski definition) is 4. The molecule has 0 atom stereocenters. The first-order chi connectivity index (χ1) is 8.72. The van der Waals surface area contributed by atoms with Gasteiger partial charge in [-0.25, -0.2) is 9.97 Å². The minimum absolute atomic E-state index is 0.0233. The summed E-state index contributed by atoms with van der Waals surface area (Å²) in [7, 11) is 0. The van der Waals surface area contributed by atoms with E-state index >= 15 is 0 Å². The fourth-order valence-electron chi connectivity index (χ4n) is 1.69. The van der Waals surface area contributed by atoms with Crippen molar-refractivity contribution < 1.29 is 9.90 Å². The molecule has 6 heteroatoms. The summed E-state index contributed by atoms with van der Waals surface area (Å²) >= 11 is 1.24. The normalized spacial score (nSPS) is 10.9. The van der Waals surface area contributed by atoms with Crippen LogP contribution in [-0.2, 0) is 11.3 Å². The second-order valence-corrected chi connectivity index (χ2v) is 4.87. The average Bonchev–Trinajstić information content (AvgIpc) is 2.71. The van der Waals surface area contributed by atoms with Crippen LogP contribution in [-0.4, -0.2) is 31.4 Å². The van der Waals surface area contributed by atoms with Crippen LogP contribution in [0.1, 0.15) is 19.8 Å². The molecule has 0 aliphatic heterocycles. The number of unbranched alkanes of at least 4 members (excludes halogenated alkanes) is 1. The molecule has 0 fully saturated rings. The molecule has 2 aromatic heterocycles. The number of aromatic nitrogens is 3. The van der Waals surface area contributed by atoms with Gasteiger partial charge >= 0.3 is 5.97 Å². The van der Waals surface area contributed by atoms with Crippen LogP contribution < -0.4 is 0 Å². The first-order valence-corrected chi connectivity index (χ1v) is 6.86. The van der Waals surface area contributed by atoms with Crippen LogP contribution in [0.3, 0.4) is 0 Å². The molecule has 0 spiro atoms. The van der Waals surface area contributed by atoms with Crippen LogP contribution in [0.25, 0.3) is 11.2 Å². The number of pyridine rings is 1. The van der Waals surface area contributed by atoms with Crippen molar-refractivity contribution >= 4 is 28.9 Å². The number of fused-ring (bicyclic) bond motifs is 1. The quantitative estimate of drug-likeness (QED) is 0.812. The lowest BCUT2D eigenvalue weighted by molar-refractivity contribution is -0.133. The molecular formula is C12H15N3O2S. The number of carboxylic acids is 1. The minimum atomic E-state index is -0.831. The third-order valence-corrected chi connectivity index (χ3v) is 3.49. The van der Waals surface area contributed by atoms with Crippen molar-refractivity contribution in [1.82, 2.24) is 14.5 Å². The zero-order valence-corrected chi connectivity index (χ0v) is 11.0. The molecule has 0 unspecified atom stereocenters. The topological polar surface area (TPSA) is 68.0 Å². The van der Waals surface area contributed by atoms with Gasteiger partial charge in [0.2, 0.25) is 0 Å². The van der Waals surface area contributed by atoms with Crippen molar-refractivity contribution in [1.29, 1.82) is 0 Å². The van der Waals surface area contributed by atoms with Crippen LogP contribution in [0.2, 0.25) is 0 Å². The van der Waals surface area contributed by atoms with Crippen molar-refractivity contribution in [2.45, 2.75) is 31.5 Å². The van der Waals surface area contributed by atoms with Gasteiger partial charge in [0, 0.05) is 12.7 Å². The second-order valence-electron chi connectivity index (χ2n) is 3.93. The van der Waals surface area contributed by atoms with Gasteiger partial charge in [-0.1, -0.05) is 25.1 Å². The third kappa shape index (κ3) is 2.81. The highest BCUT2D eigenvalue weighted by molar-refractivity contribution is 7.99. The number of hydrogen-bond donors (Lipinski definition) is 1. The Hall–Kier alpha value is -1.56. The highest BCUT2D eigenvalue weighted by Crippen LogP contribution is 2.23. The molecule has 0 aliphatic rings. The Balaban J connectivity index is 2.33. The maximum atomic E-state index is 10.6. The van der Waals surface area contributed by atoms with E-state index in [9.17, 15) is 4.79 Å². The molecule has 0 radical (unpaired) electrons. The van der Waals surface area contributed by atoms with Gasteiger partial charge in [0.15, 0.2) is 10.8 Å². The van der Waals surface area contributed by atoms with Crippen LogP contribution in [0, 0.1) is 0 Å². The summed E-state index contributed by atoms with van der Waals surface area (Å²) in [6.07, 6.45) is 3.84. The molecule has 0 aliphatic carbocycles. The highest BCUT2D eigenvalue weighted by atomic mass is 32.2. The fourth-order valence-corrected chi connectivity index (χ4v) is 2.44. The van der Waals surface area contributed by atoms with Gasteiger partial charge in [-0.05, 0) is 18.6 Å². The van der Waals surface area contributed by atoms with Crippen molar-refractivity contribution in [2.75, 3.05) is 5.75 Å². The highest BCUT2D eigenvalue weighted by Gasteiger charge is 2.12. The third-order valence-electron chi connectivity index (χ3n) is 2.53. The monoisotopic (exact) mass is 265 g/mol. The number of aryl methyl sites for hydroxylation is 1. The Labute approximate surface area is 109 Å². The second kappa shape index (κ2) is 5.86. The SMILES string of the molecule is CCCCn1c(SCC(=O)O)nc2cccnc21. The number of carboxylic acid groups (broad SMARTS) is 1. The Kier molecular flexibility index (Phi) is 4.19. The summed E-state index contributed by atoms with van der Waals surface area (Å²) in [5.74, 6) is -0.808. The van der Waals surface area contributed by atoms with Gasteiger partial charge < -0.3 is 9.67 Å². The molecule has 0 saturated heterocycles. The van der Waals surface area contributed by atoms with E-state index in [-0.39, 0.29) is 5.75 Å². The molecule has 0 amide bonds. The molecule has 5 nitrogen and oxygen atoms in total. The van der Waals surface area contributed by atoms with E-state index in [2.05, 4.69) is 16.9 Å². The zero-order chi connectivity index (χ0) is 13.0. The van der Waals surface area contributed by atoms with E-state index in [1.54, 1.807) is 6.20 Å². The minimum Gasteiger partial charge on any atom is -0.481 e. The fraction of sp³-hybridized carbons (Fsp3) is 0.417. The van der Waals surface area contributed by atoms with Gasteiger partial charge in [0.1, 0.15) is 5.52 Å². The van der Waals surface area contributed by atoms with E-state index < -0.39 is 5.97 Å². The Morgan fingerprint density at radius 1 is 1.56 bits per heavy atom. The Morgan fingerprint density at radius 3 is 3.11 bits per heavy atom. The largest absolute Gasteiger partial charge is 0.481 e. The number of thioether (sulfide) groups is 1. The molecule has 0 bridgehead atoms. The van der Waals surface area contributed by atoms with Gasteiger partial charge in [-0.2, -0.15) is 0 Å². The van der Waals surface area contributed by atoms with Crippen molar-refractivity contribution in [3.63, 3.8) is 0 Å². The van der Waals surface area contributed by atoms with E-state index in [1.807, 2.05) is 16.7 Å². The predicted molar refractivity (Wildman–Crippen MR) is 70.8 cm³/mol.